The van der Waals surface area contributed by atoms with E-state index in [4.69, 9.17) is 10.6 Å². The number of alkyl halides is 3. The van der Waals surface area contributed by atoms with Crippen molar-refractivity contribution >= 4 is 22.8 Å². The standard InChI is InChI=1S/C18H15F3N6OS/c1-28-12-8-6-11(7-9-12)26-14-5-3-2-4-13(14)23-15(26)10-29-17-25-24-16(27(17)22)18(19,20)21/h2-9H,10,22H2,1H3. The van der Waals surface area contributed by atoms with Crippen LogP contribution in [0.5, 0.6) is 5.75 Å². The van der Waals surface area contributed by atoms with Crippen LogP contribution < -0.4 is 10.6 Å². The van der Waals surface area contributed by atoms with Crippen LogP contribution >= 0.6 is 11.8 Å². The molecule has 0 atom stereocenters. The lowest BCUT2D eigenvalue weighted by molar-refractivity contribution is -0.146. The lowest BCUT2D eigenvalue weighted by atomic mass is 10.2. The molecule has 0 unspecified atom stereocenters. The second kappa shape index (κ2) is 7.32. The van der Waals surface area contributed by atoms with Gasteiger partial charge in [-0.1, -0.05) is 23.9 Å². The van der Waals surface area contributed by atoms with Gasteiger partial charge in [0.25, 0.3) is 5.82 Å². The van der Waals surface area contributed by atoms with Crippen molar-refractivity contribution in [3.63, 3.8) is 0 Å². The fourth-order valence-electron chi connectivity index (χ4n) is 2.89. The van der Waals surface area contributed by atoms with Crippen LogP contribution in [-0.2, 0) is 11.9 Å². The summed E-state index contributed by atoms with van der Waals surface area (Å²) in [6, 6.07) is 15.0. The van der Waals surface area contributed by atoms with Crippen molar-refractivity contribution in [2.75, 3.05) is 13.0 Å². The summed E-state index contributed by atoms with van der Waals surface area (Å²) in [5, 5.41) is 6.65. The summed E-state index contributed by atoms with van der Waals surface area (Å²) in [7, 11) is 1.59. The average molecular weight is 420 g/mol. The number of rotatable bonds is 5. The minimum atomic E-state index is -4.67. The summed E-state index contributed by atoms with van der Waals surface area (Å²) in [5.41, 5.74) is 2.49. The van der Waals surface area contributed by atoms with Gasteiger partial charge in [0.1, 0.15) is 11.6 Å². The monoisotopic (exact) mass is 420 g/mol. The highest BCUT2D eigenvalue weighted by molar-refractivity contribution is 7.98. The van der Waals surface area contributed by atoms with Crippen molar-refractivity contribution in [2.24, 2.45) is 0 Å². The maximum atomic E-state index is 12.9. The Morgan fingerprint density at radius 3 is 2.45 bits per heavy atom. The predicted octanol–water partition coefficient (Wildman–Crippen LogP) is 3.65. The zero-order chi connectivity index (χ0) is 20.6. The topological polar surface area (TPSA) is 83.8 Å². The van der Waals surface area contributed by atoms with Crippen LogP contribution in [0.25, 0.3) is 16.7 Å². The largest absolute Gasteiger partial charge is 0.497 e. The first-order valence-corrected chi connectivity index (χ1v) is 9.38. The van der Waals surface area contributed by atoms with E-state index >= 15 is 0 Å². The van der Waals surface area contributed by atoms with Gasteiger partial charge >= 0.3 is 6.18 Å². The molecule has 0 fully saturated rings. The Balaban J connectivity index is 1.70. The van der Waals surface area contributed by atoms with Crippen LogP contribution in [-0.4, -0.2) is 31.5 Å². The van der Waals surface area contributed by atoms with Crippen LogP contribution in [0.3, 0.4) is 0 Å². The molecule has 0 amide bonds. The smallest absolute Gasteiger partial charge is 0.453 e. The number of nitrogens with two attached hydrogens (primary N) is 1. The quantitative estimate of drug-likeness (QED) is 0.392. The fraction of sp³-hybridized carbons (Fsp3) is 0.167. The van der Waals surface area contributed by atoms with Crippen molar-refractivity contribution in [1.29, 1.82) is 0 Å². The minimum Gasteiger partial charge on any atom is -0.497 e. The summed E-state index contributed by atoms with van der Waals surface area (Å²) < 4.78 is 46.2. The van der Waals surface area contributed by atoms with E-state index in [0.717, 1.165) is 28.5 Å². The highest BCUT2D eigenvalue weighted by atomic mass is 32.2. The van der Waals surface area contributed by atoms with E-state index in [2.05, 4.69) is 15.2 Å². The van der Waals surface area contributed by atoms with Gasteiger partial charge in [0.15, 0.2) is 0 Å². The second-order valence-corrected chi connectivity index (χ2v) is 6.96. The number of imidazole rings is 1. The second-order valence-electron chi connectivity index (χ2n) is 6.01. The van der Waals surface area contributed by atoms with Gasteiger partial charge in [-0.25, -0.2) is 9.66 Å². The Morgan fingerprint density at radius 1 is 1.07 bits per heavy atom. The van der Waals surface area contributed by atoms with Gasteiger partial charge in [-0.2, -0.15) is 13.2 Å². The Bertz CT molecular complexity index is 1150. The first-order valence-electron chi connectivity index (χ1n) is 8.40. The molecular weight excluding hydrogens is 405 g/mol. The number of ether oxygens (including phenoxy) is 1. The van der Waals surface area contributed by atoms with Gasteiger partial charge in [0.2, 0.25) is 5.16 Å². The van der Waals surface area contributed by atoms with Crippen LogP contribution in [0.1, 0.15) is 11.6 Å². The summed E-state index contributed by atoms with van der Waals surface area (Å²) in [5.74, 6) is 5.87. The van der Waals surface area contributed by atoms with Crippen molar-refractivity contribution in [1.82, 2.24) is 24.4 Å². The molecule has 4 aromatic rings. The molecule has 0 radical (unpaired) electrons. The van der Waals surface area contributed by atoms with E-state index in [-0.39, 0.29) is 10.9 Å². The third kappa shape index (κ3) is 3.60. The zero-order valence-corrected chi connectivity index (χ0v) is 15.9. The number of aromatic nitrogens is 5. The van der Waals surface area contributed by atoms with Crippen molar-refractivity contribution < 1.29 is 17.9 Å². The Kier molecular flexibility index (Phi) is 4.82. The number of nitrogen functional groups attached to an aromatic ring is 1. The molecule has 4 rings (SSSR count). The number of hydrogen-bond acceptors (Lipinski definition) is 6. The number of nitrogens with zero attached hydrogens (tertiary/aromatic N) is 5. The normalized spacial score (nSPS) is 11.9. The molecular formula is C18H15F3N6OS. The molecule has 0 bridgehead atoms. The number of halogens is 3. The van der Waals surface area contributed by atoms with Gasteiger partial charge < -0.3 is 10.6 Å². The fourth-order valence-corrected chi connectivity index (χ4v) is 3.67. The van der Waals surface area contributed by atoms with Crippen molar-refractivity contribution in [3.8, 4) is 11.4 Å². The van der Waals surface area contributed by atoms with Crippen LogP contribution in [0.15, 0.2) is 53.7 Å². The lowest BCUT2D eigenvalue weighted by Crippen LogP contribution is -2.21. The van der Waals surface area contributed by atoms with Gasteiger partial charge in [-0.3, -0.25) is 4.57 Å². The molecule has 0 saturated heterocycles. The number of para-hydroxylation sites is 2. The first-order chi connectivity index (χ1) is 13.9. The highest BCUT2D eigenvalue weighted by Crippen LogP contribution is 2.31. The number of thioether (sulfide) groups is 1. The summed E-state index contributed by atoms with van der Waals surface area (Å²) in [4.78, 5) is 4.62. The Labute approximate surface area is 167 Å². The van der Waals surface area contributed by atoms with Gasteiger partial charge in [-0.15, -0.1) is 10.2 Å². The molecule has 2 heterocycles. The summed E-state index contributed by atoms with van der Waals surface area (Å²) in [6.45, 7) is 0. The summed E-state index contributed by atoms with van der Waals surface area (Å²) >= 11 is 1.03. The van der Waals surface area contributed by atoms with E-state index in [1.807, 2.05) is 53.1 Å². The molecule has 0 saturated carbocycles. The Morgan fingerprint density at radius 2 is 1.79 bits per heavy atom. The van der Waals surface area contributed by atoms with Crippen LogP contribution in [0.2, 0.25) is 0 Å². The highest BCUT2D eigenvalue weighted by Gasteiger charge is 2.38. The number of hydrogen-bond donors (Lipinski definition) is 1. The SMILES string of the molecule is COc1ccc(-n2c(CSc3nnc(C(F)(F)F)n3N)nc3ccccc32)cc1. The molecule has 11 heteroatoms. The number of methoxy groups -OCH3 is 1. The third-order valence-electron chi connectivity index (χ3n) is 4.21. The molecule has 2 aromatic heterocycles. The van der Waals surface area contributed by atoms with Gasteiger partial charge in [-0.05, 0) is 36.4 Å². The van der Waals surface area contributed by atoms with Crippen LogP contribution in [0.4, 0.5) is 13.2 Å². The first kappa shape index (κ1) is 19.1. The summed E-state index contributed by atoms with van der Waals surface area (Å²) in [6.07, 6.45) is -4.67. The molecule has 0 aliphatic rings. The molecule has 0 spiro atoms. The van der Waals surface area contributed by atoms with Crippen molar-refractivity contribution in [3.05, 3.63) is 60.2 Å². The number of benzene rings is 2. The van der Waals surface area contributed by atoms with Crippen LogP contribution in [0, 0.1) is 0 Å². The molecule has 150 valence electrons. The molecule has 2 N–H and O–H groups in total. The molecule has 7 nitrogen and oxygen atoms in total. The van der Waals surface area contributed by atoms with Gasteiger partial charge in [0.05, 0.1) is 23.9 Å². The predicted molar refractivity (Wildman–Crippen MR) is 102 cm³/mol. The third-order valence-corrected chi connectivity index (χ3v) is 5.15. The average Bonchev–Trinajstić information content (AvgIpc) is 3.26. The van der Waals surface area contributed by atoms with E-state index < -0.39 is 12.0 Å². The molecule has 2 aromatic carbocycles. The lowest BCUT2D eigenvalue weighted by Gasteiger charge is -2.10. The molecule has 0 aliphatic heterocycles. The Hall–Kier alpha value is -3.21. The molecule has 0 aliphatic carbocycles. The zero-order valence-electron chi connectivity index (χ0n) is 15.1. The molecule has 29 heavy (non-hydrogen) atoms. The number of fused-ring (bicyclic) bond motifs is 1. The maximum Gasteiger partial charge on any atom is 0.453 e. The van der Waals surface area contributed by atoms with E-state index in [1.54, 1.807) is 7.11 Å². The van der Waals surface area contributed by atoms with E-state index in [1.165, 1.54) is 0 Å². The van der Waals surface area contributed by atoms with Crippen molar-refractivity contribution in [2.45, 2.75) is 17.1 Å². The van der Waals surface area contributed by atoms with E-state index in [0.29, 0.717) is 16.3 Å². The minimum absolute atomic E-state index is 0.0503. The van der Waals surface area contributed by atoms with Gasteiger partial charge in [0, 0.05) is 5.69 Å². The van der Waals surface area contributed by atoms with E-state index in [9.17, 15) is 13.2 Å². The maximum absolute atomic E-state index is 12.9.